The van der Waals surface area contributed by atoms with Gasteiger partial charge in [0.05, 0.1) is 5.56 Å². The Morgan fingerprint density at radius 3 is 2.71 bits per heavy atom. The molecule has 0 aliphatic heterocycles. The lowest BCUT2D eigenvalue weighted by Gasteiger charge is -2.03. The number of hydrogen-bond donors (Lipinski definition) is 1. The first-order valence-corrected chi connectivity index (χ1v) is 7.11. The van der Waals surface area contributed by atoms with Gasteiger partial charge in [0.15, 0.2) is 17.5 Å². The number of rotatable bonds is 5. The Bertz CT molecular complexity index is 660. The van der Waals surface area contributed by atoms with E-state index in [-0.39, 0.29) is 5.13 Å². The predicted octanol–water partition coefficient (Wildman–Crippen LogP) is 3.55. The molecule has 0 atom stereocenters. The smallest absolute Gasteiger partial charge is 0.260 e. The molecule has 0 aliphatic carbocycles. The molecule has 0 saturated carbocycles. The summed E-state index contributed by atoms with van der Waals surface area (Å²) in [5, 5.41) is 10.9. The average Bonchev–Trinajstić information content (AvgIpc) is 2.90. The Labute approximate surface area is 123 Å². The molecule has 1 N–H and O–H groups in total. The van der Waals surface area contributed by atoms with Crippen LogP contribution in [0.5, 0.6) is 0 Å². The standard InChI is InChI=1S/C13H12F3N3OS/c1-2-3-4-9-18-19-13(21-9)17-12(20)7-5-6-8(14)11(16)10(7)15/h5-6H,2-4H2,1H3,(H,17,19,20). The molecule has 1 aromatic heterocycles. The molecular formula is C13H12F3N3OS. The third kappa shape index (κ3) is 3.57. The quantitative estimate of drug-likeness (QED) is 0.859. The van der Waals surface area contributed by atoms with Crippen molar-refractivity contribution in [2.75, 3.05) is 5.32 Å². The van der Waals surface area contributed by atoms with Crippen molar-refractivity contribution in [1.82, 2.24) is 10.2 Å². The van der Waals surface area contributed by atoms with Gasteiger partial charge in [-0.05, 0) is 18.6 Å². The molecule has 0 fully saturated rings. The van der Waals surface area contributed by atoms with Gasteiger partial charge in [0, 0.05) is 6.42 Å². The summed E-state index contributed by atoms with van der Waals surface area (Å²) in [5.41, 5.74) is -0.584. The van der Waals surface area contributed by atoms with Crippen molar-refractivity contribution in [3.8, 4) is 0 Å². The van der Waals surface area contributed by atoms with Crippen molar-refractivity contribution in [1.29, 1.82) is 0 Å². The number of anilines is 1. The summed E-state index contributed by atoms with van der Waals surface area (Å²) in [6, 6.07) is 1.57. The zero-order valence-electron chi connectivity index (χ0n) is 11.1. The number of aromatic nitrogens is 2. The van der Waals surface area contributed by atoms with Gasteiger partial charge in [-0.1, -0.05) is 24.7 Å². The number of benzene rings is 1. The van der Waals surface area contributed by atoms with Crippen LogP contribution in [0, 0.1) is 17.5 Å². The van der Waals surface area contributed by atoms with Crippen molar-refractivity contribution >= 4 is 22.4 Å². The van der Waals surface area contributed by atoms with E-state index in [1.165, 1.54) is 0 Å². The normalized spacial score (nSPS) is 10.7. The SMILES string of the molecule is CCCCc1nnc(NC(=O)c2ccc(F)c(F)c2F)s1. The number of carbonyl (C=O) groups excluding carboxylic acids is 1. The molecule has 2 rings (SSSR count). The minimum atomic E-state index is -1.68. The maximum atomic E-state index is 13.5. The van der Waals surface area contributed by atoms with Gasteiger partial charge >= 0.3 is 0 Å². The molecule has 8 heteroatoms. The summed E-state index contributed by atoms with van der Waals surface area (Å²) in [6.07, 6.45) is 2.69. The molecular weight excluding hydrogens is 303 g/mol. The lowest BCUT2D eigenvalue weighted by Crippen LogP contribution is -2.15. The fourth-order valence-electron chi connectivity index (χ4n) is 1.60. The zero-order chi connectivity index (χ0) is 15.4. The molecule has 0 aliphatic rings. The Kier molecular flexibility index (Phi) is 4.89. The van der Waals surface area contributed by atoms with Crippen LogP contribution in [0.15, 0.2) is 12.1 Å². The molecule has 4 nitrogen and oxygen atoms in total. The molecule has 1 aromatic carbocycles. The Balaban J connectivity index is 2.11. The highest BCUT2D eigenvalue weighted by Gasteiger charge is 2.19. The van der Waals surface area contributed by atoms with Crippen LogP contribution >= 0.6 is 11.3 Å². The number of halogens is 3. The van der Waals surface area contributed by atoms with Crippen LogP contribution < -0.4 is 5.32 Å². The minimum absolute atomic E-state index is 0.190. The number of unbranched alkanes of at least 4 members (excludes halogenated alkanes) is 1. The lowest BCUT2D eigenvalue weighted by molar-refractivity contribution is 0.102. The molecule has 1 amide bonds. The zero-order valence-corrected chi connectivity index (χ0v) is 11.9. The first-order valence-electron chi connectivity index (χ1n) is 6.30. The van der Waals surface area contributed by atoms with E-state index in [1.807, 2.05) is 6.92 Å². The summed E-state index contributed by atoms with van der Waals surface area (Å²) < 4.78 is 39.4. The van der Waals surface area contributed by atoms with Gasteiger partial charge in [-0.2, -0.15) is 0 Å². The number of nitrogens with one attached hydrogen (secondary N) is 1. The van der Waals surface area contributed by atoms with E-state index in [1.54, 1.807) is 0 Å². The topological polar surface area (TPSA) is 54.9 Å². The molecule has 112 valence electrons. The summed E-state index contributed by atoms with van der Waals surface area (Å²) in [5.74, 6) is -5.45. The van der Waals surface area contributed by atoms with Crippen molar-refractivity contribution in [2.24, 2.45) is 0 Å². The summed E-state index contributed by atoms with van der Waals surface area (Å²) in [7, 11) is 0. The van der Waals surface area contributed by atoms with Crippen LogP contribution in [0.4, 0.5) is 18.3 Å². The molecule has 2 aromatic rings. The highest BCUT2D eigenvalue weighted by Crippen LogP contribution is 2.20. The first kappa shape index (κ1) is 15.4. The number of amides is 1. The van der Waals surface area contributed by atoms with Crippen molar-refractivity contribution in [3.63, 3.8) is 0 Å². The molecule has 0 bridgehead atoms. The van der Waals surface area contributed by atoms with E-state index in [2.05, 4.69) is 15.5 Å². The largest absolute Gasteiger partial charge is 0.296 e. The maximum Gasteiger partial charge on any atom is 0.260 e. The molecule has 1 heterocycles. The maximum absolute atomic E-state index is 13.5. The highest BCUT2D eigenvalue weighted by molar-refractivity contribution is 7.15. The van der Waals surface area contributed by atoms with E-state index in [0.29, 0.717) is 6.07 Å². The number of carbonyl (C=O) groups is 1. The first-order chi connectivity index (χ1) is 10.0. The summed E-state index contributed by atoms with van der Waals surface area (Å²) >= 11 is 1.16. The second-order valence-electron chi connectivity index (χ2n) is 4.28. The molecule has 21 heavy (non-hydrogen) atoms. The summed E-state index contributed by atoms with van der Waals surface area (Å²) in [4.78, 5) is 11.8. The second kappa shape index (κ2) is 6.66. The van der Waals surface area contributed by atoms with Crippen molar-refractivity contribution < 1.29 is 18.0 Å². The van der Waals surface area contributed by atoms with Gasteiger partial charge in [0.25, 0.3) is 5.91 Å². The monoisotopic (exact) mass is 315 g/mol. The van der Waals surface area contributed by atoms with Gasteiger partial charge in [-0.15, -0.1) is 10.2 Å². The van der Waals surface area contributed by atoms with Crippen LogP contribution in [0.3, 0.4) is 0 Å². The third-order valence-corrected chi connectivity index (χ3v) is 3.61. The number of hydrogen-bond acceptors (Lipinski definition) is 4. The van der Waals surface area contributed by atoms with E-state index >= 15 is 0 Å². The van der Waals surface area contributed by atoms with Gasteiger partial charge in [0.2, 0.25) is 5.13 Å². The van der Waals surface area contributed by atoms with Crippen LogP contribution in [0.2, 0.25) is 0 Å². The lowest BCUT2D eigenvalue weighted by atomic mass is 10.2. The van der Waals surface area contributed by atoms with Gasteiger partial charge < -0.3 is 0 Å². The van der Waals surface area contributed by atoms with Crippen LogP contribution in [0.1, 0.15) is 35.1 Å². The molecule has 0 spiro atoms. The van der Waals surface area contributed by atoms with Crippen LogP contribution in [0.25, 0.3) is 0 Å². The minimum Gasteiger partial charge on any atom is -0.296 e. The Hall–Kier alpha value is -1.96. The third-order valence-electron chi connectivity index (χ3n) is 2.71. The van der Waals surface area contributed by atoms with Crippen LogP contribution in [-0.2, 0) is 6.42 Å². The fraction of sp³-hybridized carbons (Fsp3) is 0.308. The average molecular weight is 315 g/mol. The van der Waals surface area contributed by atoms with E-state index in [0.717, 1.165) is 41.7 Å². The van der Waals surface area contributed by atoms with Gasteiger partial charge in [-0.3, -0.25) is 10.1 Å². The van der Waals surface area contributed by atoms with E-state index in [9.17, 15) is 18.0 Å². The van der Waals surface area contributed by atoms with Gasteiger partial charge in [-0.25, -0.2) is 13.2 Å². The summed E-state index contributed by atoms with van der Waals surface area (Å²) in [6.45, 7) is 2.04. The van der Waals surface area contributed by atoms with Crippen molar-refractivity contribution in [2.45, 2.75) is 26.2 Å². The predicted molar refractivity (Wildman–Crippen MR) is 72.8 cm³/mol. The Morgan fingerprint density at radius 2 is 2.00 bits per heavy atom. The molecule has 0 unspecified atom stereocenters. The Morgan fingerprint density at radius 1 is 1.24 bits per heavy atom. The highest BCUT2D eigenvalue weighted by atomic mass is 32.1. The number of aryl methyl sites for hydroxylation is 1. The number of nitrogens with zero attached hydrogens (tertiary/aromatic N) is 2. The van der Waals surface area contributed by atoms with Crippen molar-refractivity contribution in [3.05, 3.63) is 40.2 Å². The van der Waals surface area contributed by atoms with E-state index in [4.69, 9.17) is 0 Å². The molecule has 0 radical (unpaired) electrons. The second-order valence-corrected chi connectivity index (χ2v) is 5.34. The van der Waals surface area contributed by atoms with E-state index < -0.39 is 28.9 Å². The molecule has 0 saturated heterocycles. The van der Waals surface area contributed by atoms with Crippen LogP contribution in [-0.4, -0.2) is 16.1 Å². The fourth-order valence-corrected chi connectivity index (χ4v) is 2.38. The van der Waals surface area contributed by atoms with Gasteiger partial charge in [0.1, 0.15) is 5.01 Å².